The highest BCUT2D eigenvalue weighted by Crippen LogP contribution is 2.38. The largest absolute Gasteiger partial charge is 0.479 e. The summed E-state index contributed by atoms with van der Waals surface area (Å²) in [6.45, 7) is -0.629. The average molecular weight is 301 g/mol. The topological polar surface area (TPSA) is 143 Å². The predicted octanol–water partition coefficient (Wildman–Crippen LogP) is -1.35. The molecular formula is C10H11N3O6S. The number of carboxylic acids is 2. The van der Waals surface area contributed by atoms with Crippen molar-refractivity contribution >= 4 is 35.8 Å². The third kappa shape index (κ3) is 2.47. The van der Waals surface area contributed by atoms with Gasteiger partial charge in [-0.1, -0.05) is 5.16 Å². The zero-order valence-electron chi connectivity index (χ0n) is 10.1. The third-order valence-electron chi connectivity index (χ3n) is 2.71. The smallest absolute Gasteiger partial charge is 0.353 e. The first kappa shape index (κ1) is 14.3. The number of thioether (sulfide) groups is 1. The van der Waals surface area contributed by atoms with Gasteiger partial charge in [0.1, 0.15) is 17.1 Å². The first-order chi connectivity index (χ1) is 9.43. The lowest BCUT2D eigenvalue weighted by Gasteiger charge is -2.47. The summed E-state index contributed by atoms with van der Waals surface area (Å²) in [4.78, 5) is 38.7. The van der Waals surface area contributed by atoms with E-state index in [0.717, 1.165) is 11.1 Å². The summed E-state index contributed by atoms with van der Waals surface area (Å²) in [5, 5.41) is 20.5. The predicted molar refractivity (Wildman–Crippen MR) is 67.8 cm³/mol. The fourth-order valence-corrected chi connectivity index (χ4v) is 3.08. The van der Waals surface area contributed by atoms with E-state index in [1.54, 1.807) is 0 Å². The molecule has 9 nitrogen and oxygen atoms in total. The minimum absolute atomic E-state index is 0.192. The number of β-lactam (4-membered cyclic amide) rings is 1. The van der Waals surface area contributed by atoms with Gasteiger partial charge in [-0.25, -0.2) is 9.59 Å². The number of rotatable bonds is 5. The third-order valence-corrected chi connectivity index (χ3v) is 4.04. The summed E-state index contributed by atoms with van der Waals surface area (Å²) in [7, 11) is 0. The lowest BCUT2D eigenvalue weighted by Crippen LogP contribution is -2.68. The molecule has 2 aliphatic heterocycles. The van der Waals surface area contributed by atoms with Gasteiger partial charge in [0.25, 0.3) is 0 Å². The van der Waals surface area contributed by atoms with Crippen LogP contribution in [0.2, 0.25) is 0 Å². The number of hydrogen-bond acceptors (Lipinski definition) is 7. The highest BCUT2D eigenvalue weighted by molar-refractivity contribution is 8.00. The molecule has 2 atom stereocenters. The van der Waals surface area contributed by atoms with Crippen molar-refractivity contribution in [1.82, 2.24) is 4.90 Å². The molecule has 4 N–H and O–H groups in total. The van der Waals surface area contributed by atoms with E-state index in [9.17, 15) is 19.5 Å². The van der Waals surface area contributed by atoms with Gasteiger partial charge >= 0.3 is 11.9 Å². The molecule has 20 heavy (non-hydrogen) atoms. The molecular weight excluding hydrogens is 290 g/mol. The maximum atomic E-state index is 11.6. The Bertz CT molecular complexity index is 531. The van der Waals surface area contributed by atoms with E-state index in [0.29, 0.717) is 5.75 Å². The van der Waals surface area contributed by atoms with Crippen LogP contribution >= 0.6 is 11.8 Å². The Morgan fingerprint density at radius 3 is 2.85 bits per heavy atom. The molecule has 0 aromatic heterocycles. The van der Waals surface area contributed by atoms with Crippen molar-refractivity contribution in [2.45, 2.75) is 11.4 Å². The van der Waals surface area contributed by atoms with Crippen LogP contribution in [0, 0.1) is 0 Å². The standard InChI is InChI=1S/C10H11N3O6S/c11-6-8(16)13-7(10(17)18)4(3-20-9(6)13)1-12-19-2-5(14)15/h1,6,9H,2-3,11H2,(H,14,15)(H,17,18)/t6?,9-/m0/s1. The SMILES string of the molecule is NC1C(=O)N2C(C(=O)O)=C(C=NOCC(=O)O)CS[C@@H]12. The minimum Gasteiger partial charge on any atom is -0.479 e. The van der Waals surface area contributed by atoms with E-state index < -0.39 is 30.5 Å². The Morgan fingerprint density at radius 2 is 2.25 bits per heavy atom. The van der Waals surface area contributed by atoms with Crippen LogP contribution < -0.4 is 5.73 Å². The van der Waals surface area contributed by atoms with Crippen LogP contribution in [0.25, 0.3) is 0 Å². The van der Waals surface area contributed by atoms with E-state index in [1.165, 1.54) is 11.8 Å². The number of hydrogen-bond donors (Lipinski definition) is 3. The van der Waals surface area contributed by atoms with Crippen molar-refractivity contribution < 1.29 is 29.4 Å². The fourth-order valence-electron chi connectivity index (χ4n) is 1.83. The highest BCUT2D eigenvalue weighted by atomic mass is 32.2. The number of amides is 1. The summed E-state index contributed by atoms with van der Waals surface area (Å²) in [5.74, 6) is -2.63. The molecule has 1 fully saturated rings. The number of nitrogens with two attached hydrogens (primary N) is 1. The van der Waals surface area contributed by atoms with Crippen molar-refractivity contribution in [3.05, 3.63) is 11.3 Å². The number of carbonyl (C=O) groups is 3. The van der Waals surface area contributed by atoms with Gasteiger partial charge in [-0.2, -0.15) is 0 Å². The van der Waals surface area contributed by atoms with Crippen LogP contribution in [0.3, 0.4) is 0 Å². The quantitative estimate of drug-likeness (QED) is 0.321. The summed E-state index contributed by atoms with van der Waals surface area (Å²) < 4.78 is 0. The maximum absolute atomic E-state index is 11.6. The number of oxime groups is 1. The van der Waals surface area contributed by atoms with Crippen molar-refractivity contribution in [2.75, 3.05) is 12.4 Å². The zero-order chi connectivity index (χ0) is 14.9. The van der Waals surface area contributed by atoms with Crippen LogP contribution in [0.4, 0.5) is 0 Å². The van der Waals surface area contributed by atoms with Gasteiger partial charge in [-0.15, -0.1) is 11.8 Å². The molecule has 0 bridgehead atoms. The molecule has 10 heteroatoms. The van der Waals surface area contributed by atoms with Crippen LogP contribution in [0.5, 0.6) is 0 Å². The molecule has 1 amide bonds. The van der Waals surface area contributed by atoms with Crippen LogP contribution in [-0.2, 0) is 19.2 Å². The fraction of sp³-hybridized carbons (Fsp3) is 0.400. The number of carbonyl (C=O) groups excluding carboxylic acids is 1. The number of fused-ring (bicyclic) bond motifs is 1. The Balaban J connectivity index is 2.18. The van der Waals surface area contributed by atoms with Gasteiger partial charge in [0.05, 0.1) is 6.21 Å². The van der Waals surface area contributed by atoms with E-state index in [1.807, 2.05) is 0 Å². The number of nitrogens with zero attached hydrogens (tertiary/aromatic N) is 2. The van der Waals surface area contributed by atoms with Crippen molar-refractivity contribution in [3.8, 4) is 0 Å². The van der Waals surface area contributed by atoms with Gasteiger partial charge in [0.2, 0.25) is 12.5 Å². The second-order valence-corrected chi connectivity index (χ2v) is 5.12. The van der Waals surface area contributed by atoms with E-state index in [-0.39, 0.29) is 16.6 Å². The zero-order valence-corrected chi connectivity index (χ0v) is 10.9. The number of carboxylic acid groups (broad SMARTS) is 2. The van der Waals surface area contributed by atoms with Crippen LogP contribution in [0.15, 0.2) is 16.4 Å². The van der Waals surface area contributed by atoms with Crippen molar-refractivity contribution in [1.29, 1.82) is 0 Å². The maximum Gasteiger partial charge on any atom is 0.353 e. The first-order valence-electron chi connectivity index (χ1n) is 5.47. The van der Waals surface area contributed by atoms with Gasteiger partial charge in [-0.3, -0.25) is 9.69 Å². The summed E-state index contributed by atoms with van der Waals surface area (Å²) in [5.41, 5.74) is 5.66. The minimum atomic E-state index is -1.27. The summed E-state index contributed by atoms with van der Waals surface area (Å²) in [6.07, 6.45) is 1.10. The Morgan fingerprint density at radius 1 is 1.55 bits per heavy atom. The molecule has 0 aliphatic carbocycles. The van der Waals surface area contributed by atoms with Gasteiger partial charge in [-0.05, 0) is 0 Å². The molecule has 0 saturated carbocycles. The second kappa shape index (κ2) is 5.51. The molecule has 1 unspecified atom stereocenters. The molecule has 0 spiro atoms. The first-order valence-corrected chi connectivity index (χ1v) is 6.52. The van der Waals surface area contributed by atoms with Crippen molar-refractivity contribution in [2.24, 2.45) is 10.9 Å². The molecule has 2 aliphatic rings. The van der Waals surface area contributed by atoms with Gasteiger partial charge in [0, 0.05) is 11.3 Å². The molecule has 1 saturated heterocycles. The van der Waals surface area contributed by atoms with Gasteiger partial charge in [0.15, 0.2) is 0 Å². The normalized spacial score (nSPS) is 25.4. The lowest BCUT2D eigenvalue weighted by atomic mass is 10.0. The second-order valence-electron chi connectivity index (χ2n) is 4.02. The van der Waals surface area contributed by atoms with Crippen molar-refractivity contribution in [3.63, 3.8) is 0 Å². The van der Waals surface area contributed by atoms with E-state index in [4.69, 9.17) is 10.8 Å². The Hall–Kier alpha value is -2.07. The number of aliphatic carboxylic acids is 2. The molecule has 108 valence electrons. The van der Waals surface area contributed by atoms with Crippen LogP contribution in [-0.4, -0.2) is 62.9 Å². The molecule has 0 aromatic rings. The molecule has 2 heterocycles. The molecule has 2 rings (SSSR count). The summed E-state index contributed by atoms with van der Waals surface area (Å²) >= 11 is 1.31. The summed E-state index contributed by atoms with van der Waals surface area (Å²) in [6, 6.07) is -0.698. The van der Waals surface area contributed by atoms with E-state index >= 15 is 0 Å². The van der Waals surface area contributed by atoms with Crippen LogP contribution in [0.1, 0.15) is 0 Å². The lowest BCUT2D eigenvalue weighted by molar-refractivity contribution is -0.147. The highest BCUT2D eigenvalue weighted by Gasteiger charge is 2.51. The monoisotopic (exact) mass is 301 g/mol. The Labute approximate surface area is 117 Å². The Kier molecular flexibility index (Phi) is 3.95. The molecule has 0 aromatic carbocycles. The van der Waals surface area contributed by atoms with E-state index in [2.05, 4.69) is 9.99 Å². The average Bonchev–Trinajstić information content (AvgIpc) is 2.41. The molecule has 0 radical (unpaired) electrons. The van der Waals surface area contributed by atoms with Gasteiger partial charge < -0.3 is 20.8 Å².